The molecule has 6 atom stereocenters. The van der Waals surface area contributed by atoms with Gasteiger partial charge in [-0.25, -0.2) is 9.88 Å². The van der Waals surface area contributed by atoms with Gasteiger partial charge in [-0.05, 0) is 20.8 Å². The zero-order valence-corrected chi connectivity index (χ0v) is 16.4. The van der Waals surface area contributed by atoms with Crippen LogP contribution < -0.4 is 16.3 Å². The van der Waals surface area contributed by atoms with E-state index in [1.54, 1.807) is 13.8 Å². The minimum Gasteiger partial charge on any atom is -0.462 e. The first-order valence-electron chi connectivity index (χ1n) is 8.43. The predicted molar refractivity (Wildman–Crippen MR) is 93.8 cm³/mol. The molecule has 1 fully saturated rings. The fourth-order valence-electron chi connectivity index (χ4n) is 2.38. The summed E-state index contributed by atoms with van der Waals surface area (Å²) in [6.07, 6.45) is -5.03. The number of carbonyl (C=O) groups excluding carboxylic acids is 1. The number of aliphatic hydroxyl groups excluding tert-OH is 2. The molecule has 158 valence electrons. The van der Waals surface area contributed by atoms with Crippen molar-refractivity contribution in [3.05, 3.63) is 27.0 Å². The Kier molecular flexibility index (Phi) is 7.63. The van der Waals surface area contributed by atoms with Crippen molar-refractivity contribution in [2.45, 2.75) is 57.5 Å². The van der Waals surface area contributed by atoms with Crippen molar-refractivity contribution in [2.24, 2.45) is 0 Å². The van der Waals surface area contributed by atoms with Gasteiger partial charge in [0, 0.05) is 0 Å². The Balaban J connectivity index is 1.92. The van der Waals surface area contributed by atoms with Crippen molar-refractivity contribution in [1.29, 1.82) is 0 Å². The van der Waals surface area contributed by atoms with Gasteiger partial charge in [0.1, 0.15) is 30.6 Å². The Morgan fingerprint density at radius 1 is 1.39 bits per heavy atom. The number of esters is 1. The van der Waals surface area contributed by atoms with E-state index in [4.69, 9.17) is 14.0 Å². The minimum atomic E-state index is -2.90. The summed E-state index contributed by atoms with van der Waals surface area (Å²) in [5.74, 6) is -0.604. The van der Waals surface area contributed by atoms with Crippen LogP contribution >= 0.6 is 8.18 Å². The van der Waals surface area contributed by atoms with Gasteiger partial charge in [0.05, 0.1) is 12.7 Å². The molecule has 0 amide bonds. The van der Waals surface area contributed by atoms with Crippen molar-refractivity contribution in [3.8, 4) is 0 Å². The third-order valence-electron chi connectivity index (χ3n) is 3.73. The Morgan fingerprint density at radius 2 is 2.07 bits per heavy atom. The van der Waals surface area contributed by atoms with E-state index in [1.165, 1.54) is 6.92 Å². The molecule has 1 saturated heterocycles. The van der Waals surface area contributed by atoms with Crippen LogP contribution in [0.25, 0.3) is 0 Å². The number of aromatic nitrogens is 3. The maximum atomic E-state index is 12.0. The number of H-pyrrole nitrogens is 1. The summed E-state index contributed by atoms with van der Waals surface area (Å²) >= 11 is 0. The molecule has 0 saturated carbocycles. The topological polar surface area (TPSA) is 182 Å². The molecule has 0 aromatic carbocycles. The SMILES string of the molecule is CC(C)OC(=O)[C@H](C)N[PH](=O)OCC1OC(n2ncc(=O)[nH]c2=O)C(O)C1O. The first-order valence-corrected chi connectivity index (χ1v) is 9.75. The average Bonchev–Trinajstić information content (AvgIpc) is 2.87. The van der Waals surface area contributed by atoms with E-state index in [1.807, 2.05) is 4.98 Å². The summed E-state index contributed by atoms with van der Waals surface area (Å²) in [7, 11) is -2.90. The monoisotopic (exact) mass is 422 g/mol. The number of nitrogens with one attached hydrogen (secondary N) is 2. The van der Waals surface area contributed by atoms with Gasteiger partial charge in [0.2, 0.25) is 0 Å². The summed E-state index contributed by atoms with van der Waals surface area (Å²) in [4.78, 5) is 36.4. The van der Waals surface area contributed by atoms with Crippen molar-refractivity contribution >= 4 is 14.1 Å². The molecule has 1 aliphatic heterocycles. The largest absolute Gasteiger partial charge is 0.462 e. The highest BCUT2D eigenvalue weighted by Crippen LogP contribution is 2.30. The van der Waals surface area contributed by atoms with Gasteiger partial charge < -0.3 is 24.2 Å². The summed E-state index contributed by atoms with van der Waals surface area (Å²) in [6.45, 7) is 4.40. The van der Waals surface area contributed by atoms with E-state index in [9.17, 15) is 29.2 Å². The lowest BCUT2D eigenvalue weighted by molar-refractivity contribution is -0.149. The number of aliphatic hydroxyl groups is 2. The van der Waals surface area contributed by atoms with Gasteiger partial charge in [-0.3, -0.25) is 19.1 Å². The summed E-state index contributed by atoms with van der Waals surface area (Å²) < 4.78 is 28.0. The quantitative estimate of drug-likeness (QED) is 0.266. The van der Waals surface area contributed by atoms with Crippen LogP contribution in [0.3, 0.4) is 0 Å². The van der Waals surface area contributed by atoms with Crippen molar-refractivity contribution in [3.63, 3.8) is 0 Å². The Morgan fingerprint density at radius 3 is 2.68 bits per heavy atom. The molecule has 2 rings (SSSR count). The number of rotatable bonds is 8. The standard InChI is InChI=1S/C14H23N4O9P/c1-6(2)26-13(22)7(3)17-28(24)25-5-8-10(20)11(21)12(27-8)18-14(23)16-9(19)4-15-18/h4,6-8,10-12,20-21,28H,5H2,1-3H3,(H,17,24)(H,16,19,23)/t7-,8?,10?,11?,12?/m0/s1. The highest BCUT2D eigenvalue weighted by atomic mass is 31.1. The maximum Gasteiger partial charge on any atom is 0.347 e. The molecule has 1 aromatic rings. The number of ether oxygens (including phenoxy) is 2. The highest BCUT2D eigenvalue weighted by Gasteiger charge is 2.45. The van der Waals surface area contributed by atoms with E-state index >= 15 is 0 Å². The first kappa shape index (κ1) is 22.4. The zero-order chi connectivity index (χ0) is 21.0. The summed E-state index contributed by atoms with van der Waals surface area (Å²) in [5.41, 5.74) is -1.66. The first-order chi connectivity index (χ1) is 13.1. The predicted octanol–water partition coefficient (Wildman–Crippen LogP) is -2.11. The number of hydrogen-bond donors (Lipinski definition) is 4. The Bertz CT molecular complexity index is 826. The fraction of sp³-hybridized carbons (Fsp3) is 0.714. The second kappa shape index (κ2) is 9.54. The molecule has 2 heterocycles. The summed E-state index contributed by atoms with van der Waals surface area (Å²) in [6, 6.07) is -0.884. The van der Waals surface area contributed by atoms with E-state index in [0.717, 1.165) is 6.20 Å². The lowest BCUT2D eigenvalue weighted by Gasteiger charge is -2.17. The fourth-order valence-corrected chi connectivity index (χ4v) is 3.25. The van der Waals surface area contributed by atoms with Gasteiger partial charge in [-0.15, -0.1) is 0 Å². The van der Waals surface area contributed by atoms with E-state index < -0.39 is 62.6 Å². The van der Waals surface area contributed by atoms with Gasteiger partial charge in [0.15, 0.2) is 6.23 Å². The zero-order valence-electron chi connectivity index (χ0n) is 15.4. The molecule has 14 heteroatoms. The molecular formula is C14H23N4O9P. The molecule has 28 heavy (non-hydrogen) atoms. The van der Waals surface area contributed by atoms with E-state index in [0.29, 0.717) is 4.68 Å². The molecule has 0 aliphatic carbocycles. The lowest BCUT2D eigenvalue weighted by atomic mass is 10.1. The van der Waals surface area contributed by atoms with Crippen LogP contribution in [0.15, 0.2) is 15.8 Å². The Labute approximate surface area is 159 Å². The van der Waals surface area contributed by atoms with Crippen LogP contribution in [0.2, 0.25) is 0 Å². The van der Waals surface area contributed by atoms with Crippen LogP contribution in [0.1, 0.15) is 27.0 Å². The molecule has 0 bridgehead atoms. The molecule has 4 N–H and O–H groups in total. The number of nitrogens with zero attached hydrogens (tertiary/aromatic N) is 2. The van der Waals surface area contributed by atoms with Crippen molar-refractivity contribution in [2.75, 3.05) is 6.61 Å². The van der Waals surface area contributed by atoms with Gasteiger partial charge in [-0.1, -0.05) is 0 Å². The van der Waals surface area contributed by atoms with Crippen molar-refractivity contribution in [1.82, 2.24) is 19.9 Å². The second-order valence-corrected chi connectivity index (χ2v) is 7.53. The van der Waals surface area contributed by atoms with E-state index in [-0.39, 0.29) is 6.10 Å². The van der Waals surface area contributed by atoms with Crippen LogP contribution in [0.4, 0.5) is 0 Å². The molecule has 13 nitrogen and oxygen atoms in total. The van der Waals surface area contributed by atoms with Crippen LogP contribution in [-0.4, -0.2) is 68.0 Å². The Hall–Kier alpha value is -1.89. The average molecular weight is 422 g/mol. The third kappa shape index (κ3) is 5.56. The second-order valence-electron chi connectivity index (χ2n) is 6.38. The number of carbonyl (C=O) groups is 1. The maximum absolute atomic E-state index is 12.0. The van der Waals surface area contributed by atoms with Gasteiger partial charge in [0.25, 0.3) is 13.7 Å². The normalized spacial score (nSPS) is 26.9. The molecule has 0 spiro atoms. The molecule has 0 radical (unpaired) electrons. The lowest BCUT2D eigenvalue weighted by Crippen LogP contribution is -2.39. The van der Waals surface area contributed by atoms with E-state index in [2.05, 4.69) is 10.2 Å². The number of aromatic amines is 1. The van der Waals surface area contributed by atoms with Crippen LogP contribution in [0.5, 0.6) is 0 Å². The summed E-state index contributed by atoms with van der Waals surface area (Å²) in [5, 5.41) is 26.1. The number of hydrogen-bond acceptors (Lipinski definition) is 10. The van der Waals surface area contributed by atoms with Crippen molar-refractivity contribution < 1.29 is 33.6 Å². The highest BCUT2D eigenvalue weighted by molar-refractivity contribution is 7.36. The smallest absolute Gasteiger partial charge is 0.347 e. The minimum absolute atomic E-state index is 0.328. The van der Waals surface area contributed by atoms with Gasteiger partial charge in [-0.2, -0.15) is 9.78 Å². The molecule has 1 aliphatic rings. The molecule has 1 aromatic heterocycles. The third-order valence-corrected chi connectivity index (χ3v) is 4.83. The van der Waals surface area contributed by atoms with Crippen LogP contribution in [0, 0.1) is 0 Å². The molecule has 5 unspecified atom stereocenters. The van der Waals surface area contributed by atoms with Crippen LogP contribution in [-0.2, 0) is 23.4 Å². The molecular weight excluding hydrogens is 399 g/mol. The van der Waals surface area contributed by atoms with Gasteiger partial charge >= 0.3 is 11.7 Å².